The zero-order valence-corrected chi connectivity index (χ0v) is 7.82. The molecule has 1 aliphatic heterocycles. The fourth-order valence-electron chi connectivity index (χ4n) is 1.26. The van der Waals surface area contributed by atoms with Gasteiger partial charge in [0, 0.05) is 23.9 Å². The van der Waals surface area contributed by atoms with Gasteiger partial charge in [-0.3, -0.25) is 4.79 Å². The molecular formula is C9H17NO. The summed E-state index contributed by atoms with van der Waals surface area (Å²) in [7, 11) is 0. The molecule has 11 heavy (non-hydrogen) atoms. The molecule has 0 unspecified atom stereocenters. The van der Waals surface area contributed by atoms with E-state index >= 15 is 0 Å². The number of Topliss-reactive ketones (excluding diaryl/α,β-unsaturated/α-hetero) is 1. The topological polar surface area (TPSA) is 29.1 Å². The van der Waals surface area contributed by atoms with Gasteiger partial charge in [-0.15, -0.1) is 0 Å². The van der Waals surface area contributed by atoms with Crippen LogP contribution in [0.2, 0.25) is 0 Å². The van der Waals surface area contributed by atoms with Crippen LogP contribution >= 0.6 is 0 Å². The first-order chi connectivity index (χ1) is 4.83. The number of nitrogens with one attached hydrogen (secondary N) is 1. The molecule has 1 N–H and O–H groups in total. The first-order valence-corrected chi connectivity index (χ1v) is 4.12. The Hall–Kier alpha value is -0.370. The Bertz CT molecular complexity index is 182. The van der Waals surface area contributed by atoms with Crippen LogP contribution in [0.3, 0.4) is 0 Å². The van der Waals surface area contributed by atoms with Crippen molar-refractivity contribution in [2.24, 2.45) is 5.41 Å². The summed E-state index contributed by atoms with van der Waals surface area (Å²) in [5.74, 6) is 0.376. The molecule has 0 atom stereocenters. The molecule has 0 aromatic heterocycles. The summed E-state index contributed by atoms with van der Waals surface area (Å²) in [6, 6.07) is 0. The van der Waals surface area contributed by atoms with Gasteiger partial charge in [0.15, 0.2) is 0 Å². The minimum Gasteiger partial charge on any atom is -0.310 e. The summed E-state index contributed by atoms with van der Waals surface area (Å²) in [5, 5.41) is 3.36. The van der Waals surface area contributed by atoms with E-state index in [9.17, 15) is 4.79 Å². The SMILES string of the molecule is CC1(C)CC(=O)C(C)(C)CN1. The molecule has 0 saturated carbocycles. The zero-order valence-electron chi connectivity index (χ0n) is 7.82. The van der Waals surface area contributed by atoms with Gasteiger partial charge in [0.25, 0.3) is 0 Å². The van der Waals surface area contributed by atoms with Crippen LogP contribution in [0.4, 0.5) is 0 Å². The van der Waals surface area contributed by atoms with Gasteiger partial charge in [0.05, 0.1) is 0 Å². The molecule has 1 aliphatic rings. The smallest absolute Gasteiger partial charge is 0.141 e. The maximum atomic E-state index is 11.5. The largest absolute Gasteiger partial charge is 0.310 e. The summed E-state index contributed by atoms with van der Waals surface area (Å²) in [6.07, 6.45) is 0.653. The van der Waals surface area contributed by atoms with Crippen LogP contribution < -0.4 is 5.32 Å². The number of rotatable bonds is 0. The highest BCUT2D eigenvalue weighted by molar-refractivity contribution is 5.86. The molecular weight excluding hydrogens is 138 g/mol. The van der Waals surface area contributed by atoms with E-state index in [0.717, 1.165) is 6.54 Å². The quantitative estimate of drug-likeness (QED) is 0.572. The lowest BCUT2D eigenvalue weighted by molar-refractivity contribution is -0.130. The molecule has 0 bridgehead atoms. The van der Waals surface area contributed by atoms with Crippen LogP contribution in [0.25, 0.3) is 0 Å². The van der Waals surface area contributed by atoms with E-state index in [0.29, 0.717) is 12.2 Å². The molecule has 64 valence electrons. The fraction of sp³-hybridized carbons (Fsp3) is 0.889. The van der Waals surface area contributed by atoms with Crippen LogP contribution in [0.5, 0.6) is 0 Å². The van der Waals surface area contributed by atoms with Gasteiger partial charge in [-0.1, -0.05) is 13.8 Å². The van der Waals surface area contributed by atoms with Crippen LogP contribution in [-0.4, -0.2) is 17.9 Å². The number of carbonyl (C=O) groups is 1. The van der Waals surface area contributed by atoms with E-state index in [-0.39, 0.29) is 11.0 Å². The predicted molar refractivity (Wildman–Crippen MR) is 45.5 cm³/mol. The molecule has 0 radical (unpaired) electrons. The normalized spacial score (nSPS) is 28.5. The summed E-state index contributed by atoms with van der Waals surface area (Å²) < 4.78 is 0. The third kappa shape index (κ3) is 1.80. The van der Waals surface area contributed by atoms with Crippen molar-refractivity contribution in [3.05, 3.63) is 0 Å². The molecule has 0 amide bonds. The standard InChI is InChI=1S/C9H17NO/c1-8(2)6-10-9(3,4)5-7(8)11/h10H,5-6H2,1-4H3. The van der Waals surface area contributed by atoms with E-state index in [1.54, 1.807) is 0 Å². The molecule has 0 aromatic rings. The van der Waals surface area contributed by atoms with Crippen molar-refractivity contribution < 1.29 is 4.79 Å². The molecule has 0 aromatic carbocycles. The third-order valence-corrected chi connectivity index (χ3v) is 2.37. The molecule has 2 nitrogen and oxygen atoms in total. The van der Waals surface area contributed by atoms with Crippen molar-refractivity contribution >= 4 is 5.78 Å². The van der Waals surface area contributed by atoms with E-state index in [2.05, 4.69) is 19.2 Å². The van der Waals surface area contributed by atoms with Gasteiger partial charge >= 0.3 is 0 Å². The Labute approximate surface area is 68.4 Å². The average molecular weight is 155 g/mol. The minimum atomic E-state index is -0.157. The lowest BCUT2D eigenvalue weighted by atomic mass is 9.77. The highest BCUT2D eigenvalue weighted by atomic mass is 16.1. The summed E-state index contributed by atoms with van der Waals surface area (Å²) >= 11 is 0. The Morgan fingerprint density at radius 1 is 1.27 bits per heavy atom. The van der Waals surface area contributed by atoms with Crippen molar-refractivity contribution in [1.29, 1.82) is 0 Å². The van der Waals surface area contributed by atoms with E-state index < -0.39 is 0 Å². The molecule has 1 saturated heterocycles. The van der Waals surface area contributed by atoms with E-state index in [1.165, 1.54) is 0 Å². The fourth-order valence-corrected chi connectivity index (χ4v) is 1.26. The Morgan fingerprint density at radius 3 is 2.18 bits per heavy atom. The molecule has 1 fully saturated rings. The Morgan fingerprint density at radius 2 is 1.82 bits per heavy atom. The molecule has 1 rings (SSSR count). The third-order valence-electron chi connectivity index (χ3n) is 2.37. The van der Waals surface area contributed by atoms with Crippen molar-refractivity contribution in [2.45, 2.75) is 39.7 Å². The highest BCUT2D eigenvalue weighted by Gasteiger charge is 2.37. The van der Waals surface area contributed by atoms with Crippen molar-refractivity contribution in [3.8, 4) is 0 Å². The zero-order chi connectivity index (χ0) is 8.70. The van der Waals surface area contributed by atoms with Crippen molar-refractivity contribution in [1.82, 2.24) is 5.32 Å². The number of carbonyl (C=O) groups excluding carboxylic acids is 1. The Balaban J connectivity index is 2.71. The van der Waals surface area contributed by atoms with E-state index in [4.69, 9.17) is 0 Å². The molecule has 1 heterocycles. The van der Waals surface area contributed by atoms with Crippen LogP contribution in [0, 0.1) is 5.41 Å². The maximum Gasteiger partial charge on any atom is 0.141 e. The maximum absolute atomic E-state index is 11.5. The van der Waals surface area contributed by atoms with Crippen LogP contribution in [-0.2, 0) is 4.79 Å². The summed E-state index contributed by atoms with van der Waals surface area (Å²) in [6.45, 7) is 8.94. The Kier molecular flexibility index (Phi) is 1.83. The molecule has 0 aliphatic carbocycles. The van der Waals surface area contributed by atoms with Crippen LogP contribution in [0.1, 0.15) is 34.1 Å². The van der Waals surface area contributed by atoms with Gasteiger partial charge in [-0.05, 0) is 13.8 Å². The average Bonchev–Trinajstić information content (AvgIpc) is 1.81. The second-order valence-corrected chi connectivity index (χ2v) is 4.72. The van der Waals surface area contributed by atoms with Crippen molar-refractivity contribution in [3.63, 3.8) is 0 Å². The second-order valence-electron chi connectivity index (χ2n) is 4.72. The minimum absolute atomic E-state index is 0.00655. The second kappa shape index (κ2) is 2.31. The molecule has 0 spiro atoms. The predicted octanol–water partition coefficient (Wildman–Crippen LogP) is 1.35. The van der Waals surface area contributed by atoms with Crippen molar-refractivity contribution in [2.75, 3.05) is 6.54 Å². The summed E-state index contributed by atoms with van der Waals surface area (Å²) in [5.41, 5.74) is -0.151. The monoisotopic (exact) mass is 155 g/mol. The van der Waals surface area contributed by atoms with Gasteiger partial charge in [-0.2, -0.15) is 0 Å². The first-order valence-electron chi connectivity index (χ1n) is 4.12. The van der Waals surface area contributed by atoms with E-state index in [1.807, 2.05) is 13.8 Å². The van der Waals surface area contributed by atoms with Gasteiger partial charge in [-0.25, -0.2) is 0 Å². The number of ketones is 1. The number of hydrogen-bond acceptors (Lipinski definition) is 2. The first kappa shape index (κ1) is 8.72. The number of hydrogen-bond donors (Lipinski definition) is 1. The lowest BCUT2D eigenvalue weighted by Gasteiger charge is -2.38. The highest BCUT2D eigenvalue weighted by Crippen LogP contribution is 2.27. The molecule has 2 heteroatoms. The van der Waals surface area contributed by atoms with Crippen LogP contribution in [0.15, 0.2) is 0 Å². The van der Waals surface area contributed by atoms with Gasteiger partial charge in [0.1, 0.15) is 5.78 Å². The summed E-state index contributed by atoms with van der Waals surface area (Å²) in [4.78, 5) is 11.5. The number of piperidine rings is 1. The van der Waals surface area contributed by atoms with Gasteiger partial charge < -0.3 is 5.32 Å². The van der Waals surface area contributed by atoms with Gasteiger partial charge in [0.2, 0.25) is 0 Å². The lowest BCUT2D eigenvalue weighted by Crippen LogP contribution is -2.54.